The highest BCUT2D eigenvalue weighted by atomic mass is 31.2. The van der Waals surface area contributed by atoms with Crippen molar-refractivity contribution in [3.63, 3.8) is 0 Å². The minimum atomic E-state index is -1.82. The van der Waals surface area contributed by atoms with Gasteiger partial charge in [0.1, 0.15) is 11.5 Å². The van der Waals surface area contributed by atoms with Gasteiger partial charge in [-0.2, -0.15) is 0 Å². The van der Waals surface area contributed by atoms with E-state index >= 15 is 0 Å². The van der Waals surface area contributed by atoms with Crippen molar-refractivity contribution in [2.45, 2.75) is 157 Å². The van der Waals surface area contributed by atoms with Gasteiger partial charge in [-0.05, 0) is 91.1 Å². The van der Waals surface area contributed by atoms with E-state index in [0.29, 0.717) is 23.0 Å². The van der Waals surface area contributed by atoms with Crippen molar-refractivity contribution in [3.05, 3.63) is 94.0 Å². The third-order valence-electron chi connectivity index (χ3n) is 10.5. The smallest absolute Gasteiger partial charge is 0.408 e. The van der Waals surface area contributed by atoms with E-state index in [1.165, 1.54) is 22.3 Å². The van der Waals surface area contributed by atoms with E-state index in [2.05, 4.69) is 173 Å². The molecule has 2 heterocycles. The maximum atomic E-state index is 7.07. The van der Waals surface area contributed by atoms with Crippen LogP contribution in [0.25, 0.3) is 11.1 Å². The molecule has 302 valence electrons. The largest absolute Gasteiger partial charge is 0.530 e. The van der Waals surface area contributed by atoms with Crippen LogP contribution in [0, 0.1) is 0 Å². The van der Waals surface area contributed by atoms with E-state index in [0.717, 1.165) is 33.8 Å². The zero-order valence-electron chi connectivity index (χ0n) is 37.1. The summed E-state index contributed by atoms with van der Waals surface area (Å²) >= 11 is 0. The normalized spacial score (nSPS) is 17.3. The molecule has 6 nitrogen and oxygen atoms in total. The van der Waals surface area contributed by atoms with E-state index in [4.69, 9.17) is 27.1 Å². The molecule has 0 amide bonds. The van der Waals surface area contributed by atoms with Crippen molar-refractivity contribution < 1.29 is 27.1 Å². The Kier molecular flexibility index (Phi) is 10.6. The summed E-state index contributed by atoms with van der Waals surface area (Å²) in [5.74, 6) is 4.22. The van der Waals surface area contributed by atoms with Gasteiger partial charge >= 0.3 is 17.2 Å². The standard InChI is InChI=1S/C48H64O6P2/c1-43(2,3)29-19-21-37-39(27-29)51-55(49-37)53-41-33(23-31(45(7,8)9)25-35(41)47(13,14)15)34-24-32(46(10,11)12)26-36(48(16,17)18)42(34)54-56-50-38-22-20-30(44(4,5)6)28-40(38)52-56/h19-28H,1-18H3. The maximum absolute atomic E-state index is 7.07. The van der Waals surface area contributed by atoms with Crippen molar-refractivity contribution in [1.29, 1.82) is 0 Å². The van der Waals surface area contributed by atoms with Crippen LogP contribution < -0.4 is 27.1 Å². The average Bonchev–Trinajstić information content (AvgIpc) is 3.64. The van der Waals surface area contributed by atoms with Crippen molar-refractivity contribution in [2.75, 3.05) is 0 Å². The molecule has 2 unspecified atom stereocenters. The van der Waals surface area contributed by atoms with Crippen LogP contribution in [-0.4, -0.2) is 0 Å². The van der Waals surface area contributed by atoms with E-state index in [1.807, 2.05) is 12.1 Å². The molecule has 4 aromatic carbocycles. The fourth-order valence-electron chi connectivity index (χ4n) is 6.66. The number of hydrogen-bond acceptors (Lipinski definition) is 6. The fourth-order valence-corrected chi connectivity index (χ4v) is 8.80. The van der Waals surface area contributed by atoms with Crippen LogP contribution in [0.15, 0.2) is 60.7 Å². The molecule has 56 heavy (non-hydrogen) atoms. The number of hydrogen-bond donors (Lipinski definition) is 0. The third kappa shape index (κ3) is 8.83. The van der Waals surface area contributed by atoms with Crippen LogP contribution in [-0.2, 0) is 32.5 Å². The molecule has 2 aliphatic rings. The van der Waals surface area contributed by atoms with Gasteiger partial charge in [0.25, 0.3) is 0 Å². The minimum Gasteiger partial charge on any atom is -0.408 e. The SMILES string of the molecule is CC(C)(C)c1ccc2c(c1)OP(Oc1c(-c3cc(C(C)(C)C)cc(C(C)(C)C)c3OP3Oc4ccc(C(C)(C)C)cc4O3)cc(C(C)(C)C)cc1C(C)(C)C)O2. The minimum absolute atomic E-state index is 0.0380. The Morgan fingerprint density at radius 2 is 0.643 bits per heavy atom. The van der Waals surface area contributed by atoms with Gasteiger partial charge in [-0.25, -0.2) is 0 Å². The number of rotatable bonds is 5. The zero-order valence-corrected chi connectivity index (χ0v) is 38.9. The van der Waals surface area contributed by atoms with Gasteiger partial charge in [-0.1, -0.05) is 149 Å². The second-order valence-electron chi connectivity index (χ2n) is 21.6. The molecular formula is C48H64O6P2. The first kappa shape index (κ1) is 42.2. The first-order chi connectivity index (χ1) is 25.5. The second kappa shape index (κ2) is 14.1. The Balaban J connectivity index is 1.57. The topological polar surface area (TPSA) is 55.4 Å². The van der Waals surface area contributed by atoms with Crippen molar-refractivity contribution in [1.82, 2.24) is 0 Å². The molecular weight excluding hydrogens is 734 g/mol. The molecule has 4 aromatic rings. The summed E-state index contributed by atoms with van der Waals surface area (Å²) in [6.45, 7) is 40.1. The molecule has 2 aliphatic heterocycles. The summed E-state index contributed by atoms with van der Waals surface area (Å²) in [6.07, 6.45) is 0. The molecule has 6 rings (SSSR count). The summed E-state index contributed by atoms with van der Waals surface area (Å²) < 4.78 is 40.1. The van der Waals surface area contributed by atoms with Crippen molar-refractivity contribution in [2.24, 2.45) is 0 Å². The van der Waals surface area contributed by atoms with Gasteiger partial charge in [0.05, 0.1) is 0 Å². The lowest BCUT2D eigenvalue weighted by atomic mass is 9.75. The predicted octanol–water partition coefficient (Wildman–Crippen LogP) is 15.3. The van der Waals surface area contributed by atoms with Crippen LogP contribution in [0.4, 0.5) is 0 Å². The predicted molar refractivity (Wildman–Crippen MR) is 235 cm³/mol. The van der Waals surface area contributed by atoms with Crippen molar-refractivity contribution >= 4 is 17.2 Å². The van der Waals surface area contributed by atoms with Crippen molar-refractivity contribution in [3.8, 4) is 45.6 Å². The summed E-state index contributed by atoms with van der Waals surface area (Å²) in [6, 6.07) is 21.5. The quantitative estimate of drug-likeness (QED) is 0.187. The summed E-state index contributed by atoms with van der Waals surface area (Å²) in [4.78, 5) is 0. The van der Waals surface area contributed by atoms with E-state index in [1.54, 1.807) is 0 Å². The van der Waals surface area contributed by atoms with Gasteiger partial charge in [0, 0.05) is 22.3 Å². The van der Waals surface area contributed by atoms with Gasteiger partial charge in [-0.15, -0.1) is 0 Å². The van der Waals surface area contributed by atoms with E-state index in [9.17, 15) is 0 Å². The molecule has 0 radical (unpaired) electrons. The van der Waals surface area contributed by atoms with Gasteiger partial charge in [0.2, 0.25) is 0 Å². The molecule has 0 N–H and O–H groups in total. The monoisotopic (exact) mass is 798 g/mol. The molecule has 0 bridgehead atoms. The van der Waals surface area contributed by atoms with Crippen LogP contribution >= 0.6 is 17.2 Å². The molecule has 0 saturated heterocycles. The fraction of sp³-hybridized carbons (Fsp3) is 0.500. The highest BCUT2D eigenvalue weighted by Crippen LogP contribution is 2.60. The second-order valence-corrected chi connectivity index (χ2v) is 23.6. The van der Waals surface area contributed by atoms with Crippen LogP contribution in [0.5, 0.6) is 34.5 Å². The van der Waals surface area contributed by atoms with E-state index in [-0.39, 0.29) is 32.5 Å². The lowest BCUT2D eigenvalue weighted by molar-refractivity contribution is 0.420. The van der Waals surface area contributed by atoms with Gasteiger partial charge < -0.3 is 27.1 Å². The number of fused-ring (bicyclic) bond motifs is 2. The Hall–Kier alpha value is -3.46. The van der Waals surface area contributed by atoms with Crippen LogP contribution in [0.2, 0.25) is 0 Å². The molecule has 0 spiro atoms. The molecule has 0 saturated carbocycles. The molecule has 2 atom stereocenters. The Labute approximate surface area is 340 Å². The average molecular weight is 799 g/mol. The summed E-state index contributed by atoms with van der Waals surface area (Å²) in [7, 11) is -3.64. The zero-order chi connectivity index (χ0) is 41.6. The highest BCUT2D eigenvalue weighted by Gasteiger charge is 2.39. The molecule has 0 aromatic heterocycles. The first-order valence-corrected chi connectivity index (χ1v) is 22.0. The number of benzene rings is 4. The van der Waals surface area contributed by atoms with Gasteiger partial charge in [0.15, 0.2) is 23.0 Å². The van der Waals surface area contributed by atoms with E-state index < -0.39 is 17.2 Å². The summed E-state index contributed by atoms with van der Waals surface area (Å²) in [5.41, 5.74) is 7.68. The summed E-state index contributed by atoms with van der Waals surface area (Å²) in [5, 5.41) is 0. The Morgan fingerprint density at radius 1 is 0.339 bits per heavy atom. The van der Waals surface area contributed by atoms with Crippen LogP contribution in [0.1, 0.15) is 158 Å². The highest BCUT2D eigenvalue weighted by molar-refractivity contribution is 7.43. The Bertz CT molecular complexity index is 1980. The Morgan fingerprint density at radius 3 is 0.929 bits per heavy atom. The molecule has 8 heteroatoms. The van der Waals surface area contributed by atoms with Crippen LogP contribution in [0.3, 0.4) is 0 Å². The molecule has 0 aliphatic carbocycles. The first-order valence-electron chi connectivity index (χ1n) is 19.9. The molecule has 0 fully saturated rings. The lowest BCUT2D eigenvalue weighted by Gasteiger charge is -2.32. The van der Waals surface area contributed by atoms with Gasteiger partial charge in [-0.3, -0.25) is 0 Å². The third-order valence-corrected chi connectivity index (χ3v) is 12.5. The maximum Gasteiger partial charge on any atom is 0.530 e. The lowest BCUT2D eigenvalue weighted by Crippen LogP contribution is -2.20.